The number of carbonyl (C=O) groups excluding carboxylic acids is 1. The van der Waals surface area contributed by atoms with Crippen LogP contribution in [0.25, 0.3) is 0 Å². The minimum absolute atomic E-state index is 0.199. The molecule has 0 spiro atoms. The summed E-state index contributed by atoms with van der Waals surface area (Å²) in [6.45, 7) is 11.5. The number of likely N-dealkylation sites (tertiary alicyclic amines) is 1. The van der Waals surface area contributed by atoms with Gasteiger partial charge in [0.15, 0.2) is 11.1 Å². The van der Waals surface area contributed by atoms with Crippen molar-refractivity contribution in [2.24, 2.45) is 10.9 Å². The molecule has 1 aromatic heterocycles. The van der Waals surface area contributed by atoms with E-state index in [1.165, 1.54) is 0 Å². The van der Waals surface area contributed by atoms with Crippen LogP contribution in [0.4, 0.5) is 9.93 Å². The molecule has 0 bridgehead atoms. The summed E-state index contributed by atoms with van der Waals surface area (Å²) in [6.07, 6.45) is 2.96. The summed E-state index contributed by atoms with van der Waals surface area (Å²) in [6, 6.07) is 0. The molecule has 1 saturated heterocycles. The number of guanidine groups is 1. The molecule has 1 atom stereocenters. The second-order valence-electron chi connectivity index (χ2n) is 8.86. The van der Waals surface area contributed by atoms with E-state index in [9.17, 15) is 4.79 Å². The Bertz CT molecular complexity index is 698. The van der Waals surface area contributed by atoms with Gasteiger partial charge >= 0.3 is 6.09 Å². The summed E-state index contributed by atoms with van der Waals surface area (Å²) in [7, 11) is 3.99. The average Bonchev–Trinajstić information content (AvgIpc) is 3.14. The minimum atomic E-state index is -0.451. The Hall–Kier alpha value is -2.03. The second kappa shape index (κ2) is 11.4. The van der Waals surface area contributed by atoms with Crippen molar-refractivity contribution >= 4 is 28.5 Å². The van der Waals surface area contributed by atoms with E-state index in [2.05, 4.69) is 32.9 Å². The lowest BCUT2D eigenvalue weighted by molar-refractivity contribution is 0.0162. The van der Waals surface area contributed by atoms with Crippen molar-refractivity contribution in [3.05, 3.63) is 11.1 Å². The Kier molecular flexibility index (Phi) is 9.20. The lowest BCUT2D eigenvalue weighted by Gasteiger charge is -2.34. The largest absolute Gasteiger partial charge is 0.444 e. The van der Waals surface area contributed by atoms with E-state index in [-0.39, 0.29) is 6.09 Å². The molecule has 0 aliphatic carbocycles. The zero-order valence-corrected chi connectivity index (χ0v) is 20.1. The highest BCUT2D eigenvalue weighted by Crippen LogP contribution is 2.21. The van der Waals surface area contributed by atoms with Gasteiger partial charge in [-0.25, -0.2) is 14.8 Å². The first-order valence-corrected chi connectivity index (χ1v) is 11.7. The summed E-state index contributed by atoms with van der Waals surface area (Å²) < 4.78 is 5.52. The van der Waals surface area contributed by atoms with Crippen LogP contribution in [0.15, 0.2) is 10.4 Å². The fourth-order valence-electron chi connectivity index (χ4n) is 3.26. The summed E-state index contributed by atoms with van der Waals surface area (Å²) in [4.78, 5) is 25.4. The van der Waals surface area contributed by atoms with Gasteiger partial charge in [-0.1, -0.05) is 0 Å². The van der Waals surface area contributed by atoms with E-state index < -0.39 is 5.60 Å². The predicted octanol–water partition coefficient (Wildman–Crippen LogP) is 3.30. The molecule has 0 radical (unpaired) electrons. The Labute approximate surface area is 185 Å². The van der Waals surface area contributed by atoms with E-state index in [0.29, 0.717) is 12.5 Å². The zero-order valence-electron chi connectivity index (χ0n) is 19.3. The fraction of sp³-hybridized carbons (Fsp3) is 0.762. The number of hydrogen-bond acceptors (Lipinski definition) is 6. The van der Waals surface area contributed by atoms with Gasteiger partial charge in [-0.05, 0) is 52.9 Å². The van der Waals surface area contributed by atoms with Crippen molar-refractivity contribution in [2.75, 3.05) is 45.2 Å². The third-order valence-corrected chi connectivity index (χ3v) is 5.74. The Morgan fingerprint density at radius 3 is 2.80 bits per heavy atom. The molecule has 8 nitrogen and oxygen atoms in total. The van der Waals surface area contributed by atoms with Crippen LogP contribution in [0.3, 0.4) is 0 Å². The van der Waals surface area contributed by atoms with E-state index >= 15 is 0 Å². The Balaban J connectivity index is 1.80. The maximum absolute atomic E-state index is 12.3. The molecule has 0 aromatic carbocycles. The van der Waals surface area contributed by atoms with Gasteiger partial charge in [0.1, 0.15) is 5.60 Å². The number of thiazole rings is 1. The van der Waals surface area contributed by atoms with Gasteiger partial charge in [0, 0.05) is 45.7 Å². The molecule has 30 heavy (non-hydrogen) atoms. The summed E-state index contributed by atoms with van der Waals surface area (Å²) in [5, 5.41) is 9.75. The van der Waals surface area contributed by atoms with Crippen LogP contribution >= 0.6 is 11.3 Å². The van der Waals surface area contributed by atoms with E-state index in [4.69, 9.17) is 4.74 Å². The maximum Gasteiger partial charge on any atom is 0.410 e. The van der Waals surface area contributed by atoms with E-state index in [1.807, 2.05) is 44.7 Å². The number of carbonyl (C=O) groups is 1. The molecule has 2 heterocycles. The average molecular weight is 439 g/mol. The molecule has 170 valence electrons. The first kappa shape index (κ1) is 24.2. The lowest BCUT2D eigenvalue weighted by atomic mass is 9.95. The number of anilines is 1. The number of aliphatic imine (C=N–C) groups is 1. The third kappa shape index (κ3) is 8.38. The Morgan fingerprint density at radius 2 is 2.17 bits per heavy atom. The number of hydrogen-bond donors (Lipinski definition) is 2. The highest BCUT2D eigenvalue weighted by atomic mass is 32.1. The van der Waals surface area contributed by atoms with E-state index in [1.54, 1.807) is 11.3 Å². The minimum Gasteiger partial charge on any atom is -0.444 e. The highest BCUT2D eigenvalue weighted by Gasteiger charge is 2.27. The smallest absolute Gasteiger partial charge is 0.410 e. The molecule has 1 amide bonds. The predicted molar refractivity (Wildman–Crippen MR) is 124 cm³/mol. The van der Waals surface area contributed by atoms with Gasteiger partial charge < -0.3 is 25.2 Å². The standard InChI is InChI=1S/C21H38N6O2S/c1-7-22-18(24-13-17-15-30-19(25-17)26(5)6)23-11-10-16-9-8-12-27(14-16)20(28)29-21(2,3)4/h15-16H,7-14H2,1-6H3,(H2,22,23,24). The number of amides is 1. The van der Waals surface area contributed by atoms with Crippen molar-refractivity contribution in [3.8, 4) is 0 Å². The van der Waals surface area contributed by atoms with Crippen LogP contribution in [0, 0.1) is 5.92 Å². The first-order valence-electron chi connectivity index (χ1n) is 10.8. The molecule has 1 aromatic rings. The molecule has 2 N–H and O–H groups in total. The molecular weight excluding hydrogens is 400 g/mol. The topological polar surface area (TPSA) is 82.1 Å². The SMILES string of the molecule is CCNC(=NCc1csc(N(C)C)n1)NCCC1CCCN(C(=O)OC(C)(C)C)C1. The fourth-order valence-corrected chi connectivity index (χ4v) is 4.01. The van der Waals surface area contributed by atoms with Gasteiger partial charge in [0.05, 0.1) is 12.2 Å². The molecule has 1 aliphatic heterocycles. The molecular formula is C21H38N6O2S. The zero-order chi connectivity index (χ0) is 22.1. The quantitative estimate of drug-likeness (QED) is 0.502. The van der Waals surface area contributed by atoms with Crippen molar-refractivity contribution in [1.82, 2.24) is 20.5 Å². The molecule has 9 heteroatoms. The number of ether oxygens (including phenoxy) is 1. The maximum atomic E-state index is 12.3. The van der Waals surface area contributed by atoms with Crippen LogP contribution in [-0.4, -0.2) is 67.8 Å². The monoisotopic (exact) mass is 438 g/mol. The molecule has 1 fully saturated rings. The number of nitrogens with zero attached hydrogens (tertiary/aromatic N) is 4. The lowest BCUT2D eigenvalue weighted by Crippen LogP contribution is -2.44. The van der Waals surface area contributed by atoms with Gasteiger partial charge in [-0.3, -0.25) is 0 Å². The first-order chi connectivity index (χ1) is 14.2. The van der Waals surface area contributed by atoms with Gasteiger partial charge in [0.2, 0.25) is 0 Å². The van der Waals surface area contributed by atoms with Crippen LogP contribution in [0.5, 0.6) is 0 Å². The molecule has 2 rings (SSSR count). The van der Waals surface area contributed by atoms with E-state index in [0.717, 1.165) is 62.2 Å². The summed E-state index contributed by atoms with van der Waals surface area (Å²) in [5.41, 5.74) is 0.522. The van der Waals surface area contributed by atoms with Crippen molar-refractivity contribution in [1.29, 1.82) is 0 Å². The van der Waals surface area contributed by atoms with Crippen LogP contribution in [-0.2, 0) is 11.3 Å². The number of piperidine rings is 1. The summed E-state index contributed by atoms with van der Waals surface area (Å²) >= 11 is 1.63. The van der Waals surface area contributed by atoms with Crippen LogP contribution < -0.4 is 15.5 Å². The van der Waals surface area contributed by atoms with Gasteiger partial charge in [-0.15, -0.1) is 11.3 Å². The normalized spacial score (nSPS) is 17.6. The second-order valence-corrected chi connectivity index (χ2v) is 9.70. The number of rotatable bonds is 7. The molecule has 1 unspecified atom stereocenters. The van der Waals surface area contributed by atoms with Crippen molar-refractivity contribution in [2.45, 2.75) is 59.1 Å². The van der Waals surface area contributed by atoms with Gasteiger partial charge in [0.25, 0.3) is 0 Å². The Morgan fingerprint density at radius 1 is 1.40 bits per heavy atom. The highest BCUT2D eigenvalue weighted by molar-refractivity contribution is 7.13. The van der Waals surface area contributed by atoms with Crippen molar-refractivity contribution in [3.63, 3.8) is 0 Å². The van der Waals surface area contributed by atoms with Crippen LogP contribution in [0.1, 0.15) is 52.7 Å². The summed E-state index contributed by atoms with van der Waals surface area (Å²) in [5.74, 6) is 1.28. The van der Waals surface area contributed by atoms with Crippen molar-refractivity contribution < 1.29 is 9.53 Å². The molecule has 1 aliphatic rings. The van der Waals surface area contributed by atoms with Gasteiger partial charge in [-0.2, -0.15) is 0 Å². The number of nitrogens with one attached hydrogen (secondary N) is 2. The molecule has 0 saturated carbocycles. The van der Waals surface area contributed by atoms with Crippen LogP contribution in [0.2, 0.25) is 0 Å². The number of aromatic nitrogens is 1. The third-order valence-electron chi connectivity index (χ3n) is 4.68.